The first-order valence-corrected chi connectivity index (χ1v) is 7.33. The summed E-state index contributed by atoms with van der Waals surface area (Å²) >= 11 is 0. The van der Waals surface area contributed by atoms with Gasteiger partial charge in [-0.25, -0.2) is 48.3 Å². The van der Waals surface area contributed by atoms with Crippen molar-refractivity contribution in [3.8, 4) is 0 Å². The molecule has 149 valence electrons. The van der Waals surface area contributed by atoms with Gasteiger partial charge in [-0.3, -0.25) is 0 Å². The quantitative estimate of drug-likeness (QED) is 0.131. The summed E-state index contributed by atoms with van der Waals surface area (Å²) < 4.78 is 154. The molecule has 0 aliphatic rings. The van der Waals surface area contributed by atoms with Crippen molar-refractivity contribution in [2.75, 3.05) is 0 Å². The van der Waals surface area contributed by atoms with E-state index in [9.17, 15) is 48.3 Å². The molecular weight excluding hydrogens is 425 g/mol. The minimum Gasteiger partial charge on any atom is -0.203 e. The van der Waals surface area contributed by atoms with Crippen molar-refractivity contribution in [1.29, 1.82) is 0 Å². The number of benzene rings is 4. The van der Waals surface area contributed by atoms with E-state index in [1.807, 2.05) is 0 Å². The SMILES string of the molecule is Fc1[c]c2c(c(F)c1F)c1c(F)c(F)c(F)c(F)c1c1c(F)c(F)c(F)c(F)c21. The summed E-state index contributed by atoms with van der Waals surface area (Å²) in [6.45, 7) is 0. The van der Waals surface area contributed by atoms with Crippen LogP contribution >= 0.6 is 0 Å². The van der Waals surface area contributed by atoms with Crippen LogP contribution in [0.15, 0.2) is 0 Å². The lowest BCUT2D eigenvalue weighted by molar-refractivity contribution is 0.415. The first kappa shape index (κ1) is 19.2. The summed E-state index contributed by atoms with van der Waals surface area (Å²) in [4.78, 5) is 0. The average molecular weight is 425 g/mol. The lowest BCUT2D eigenvalue weighted by atomic mass is 9.92. The molecule has 0 N–H and O–H groups in total. The molecule has 4 aromatic carbocycles. The lowest BCUT2D eigenvalue weighted by Crippen LogP contribution is -2.06. The van der Waals surface area contributed by atoms with Crippen molar-refractivity contribution in [3.63, 3.8) is 0 Å². The minimum absolute atomic E-state index is 1.35. The Hall–Kier alpha value is -3.11. The smallest absolute Gasteiger partial charge is 0.198 e. The van der Waals surface area contributed by atoms with E-state index < -0.39 is 96.3 Å². The molecule has 0 spiro atoms. The predicted molar refractivity (Wildman–Crippen MR) is 77.3 cm³/mol. The molecule has 11 heteroatoms. The van der Waals surface area contributed by atoms with Gasteiger partial charge in [-0.05, 0) is 0 Å². The maximum Gasteiger partial charge on any atom is 0.198 e. The summed E-state index contributed by atoms with van der Waals surface area (Å²) in [5.41, 5.74) is 0. The Balaban J connectivity index is 2.62. The van der Waals surface area contributed by atoms with Gasteiger partial charge in [0.1, 0.15) is 0 Å². The van der Waals surface area contributed by atoms with Gasteiger partial charge in [0.05, 0.1) is 0 Å². The normalized spacial score (nSPS) is 12.0. The zero-order valence-electron chi connectivity index (χ0n) is 13.2. The Bertz CT molecular complexity index is 1350. The van der Waals surface area contributed by atoms with E-state index in [4.69, 9.17) is 0 Å². The van der Waals surface area contributed by atoms with Crippen LogP contribution in [-0.2, 0) is 0 Å². The fourth-order valence-electron chi connectivity index (χ4n) is 3.17. The highest BCUT2D eigenvalue weighted by Crippen LogP contribution is 2.44. The Labute approximate surface area is 151 Å². The fourth-order valence-corrected chi connectivity index (χ4v) is 3.17. The summed E-state index contributed by atoms with van der Waals surface area (Å²) in [5, 5.41) is -9.72. The maximum atomic E-state index is 14.4. The number of halogens is 11. The molecule has 0 nitrogen and oxygen atoms in total. The van der Waals surface area contributed by atoms with Gasteiger partial charge in [-0.1, -0.05) is 0 Å². The Kier molecular flexibility index (Phi) is 3.94. The van der Waals surface area contributed by atoms with Gasteiger partial charge in [0.25, 0.3) is 0 Å². The first-order valence-electron chi connectivity index (χ1n) is 7.33. The van der Waals surface area contributed by atoms with Crippen LogP contribution in [0, 0.1) is 70.1 Å². The molecule has 0 aromatic heterocycles. The number of fused-ring (bicyclic) bond motifs is 6. The molecule has 0 atom stereocenters. The van der Waals surface area contributed by atoms with Gasteiger partial charge in [0, 0.05) is 38.4 Å². The van der Waals surface area contributed by atoms with Gasteiger partial charge in [-0.15, -0.1) is 0 Å². The molecule has 0 bridgehead atoms. The predicted octanol–water partition coefficient (Wildman–Crippen LogP) is 6.48. The maximum absolute atomic E-state index is 14.4. The summed E-state index contributed by atoms with van der Waals surface area (Å²) in [6.07, 6.45) is 0. The van der Waals surface area contributed by atoms with Crippen molar-refractivity contribution < 1.29 is 48.3 Å². The van der Waals surface area contributed by atoms with Gasteiger partial charge in [0.2, 0.25) is 0 Å². The van der Waals surface area contributed by atoms with Crippen LogP contribution < -0.4 is 0 Å². The second-order valence-electron chi connectivity index (χ2n) is 5.83. The van der Waals surface area contributed by atoms with Gasteiger partial charge in [0.15, 0.2) is 64.0 Å². The van der Waals surface area contributed by atoms with Crippen LogP contribution in [0.5, 0.6) is 0 Å². The van der Waals surface area contributed by atoms with E-state index in [1.165, 1.54) is 6.07 Å². The molecule has 0 fully saturated rings. The van der Waals surface area contributed by atoms with Crippen molar-refractivity contribution >= 4 is 32.3 Å². The largest absolute Gasteiger partial charge is 0.203 e. The summed E-state index contributed by atoms with van der Waals surface area (Å²) in [6, 6.07) is 1.35. The topological polar surface area (TPSA) is 0 Å². The lowest BCUT2D eigenvalue weighted by Gasteiger charge is -2.15. The van der Waals surface area contributed by atoms with Gasteiger partial charge in [-0.2, -0.15) is 0 Å². The highest BCUT2D eigenvalue weighted by atomic mass is 19.2. The van der Waals surface area contributed by atoms with Crippen LogP contribution in [0.4, 0.5) is 48.3 Å². The molecule has 0 aliphatic heterocycles. The highest BCUT2D eigenvalue weighted by Gasteiger charge is 2.32. The zero-order chi connectivity index (χ0) is 21.5. The van der Waals surface area contributed by atoms with Gasteiger partial charge >= 0.3 is 0 Å². The van der Waals surface area contributed by atoms with Crippen LogP contribution in [0.1, 0.15) is 0 Å². The van der Waals surface area contributed by atoms with E-state index in [0.29, 0.717) is 0 Å². The molecule has 0 saturated carbocycles. The molecule has 4 aromatic rings. The van der Waals surface area contributed by atoms with Crippen LogP contribution in [0.25, 0.3) is 32.3 Å². The standard InChI is InChI=1S/C18F11/c19-3-1-2-4(10(21)9(3)20)6-8(14(25)18(29)17(28)12(6)23)7-5(2)11(22)15(26)16(27)13(7)24. The number of rotatable bonds is 0. The monoisotopic (exact) mass is 425 g/mol. The van der Waals surface area contributed by atoms with Crippen molar-refractivity contribution in [2.24, 2.45) is 0 Å². The van der Waals surface area contributed by atoms with Crippen molar-refractivity contribution in [2.45, 2.75) is 0 Å². The minimum atomic E-state index is -2.58. The highest BCUT2D eigenvalue weighted by molar-refractivity contribution is 6.26. The second kappa shape index (κ2) is 5.94. The molecule has 0 aliphatic carbocycles. The molecular formula is C18F11. The third-order valence-corrected chi connectivity index (χ3v) is 4.37. The Morgan fingerprint density at radius 2 is 0.586 bits per heavy atom. The van der Waals surface area contributed by atoms with Crippen molar-refractivity contribution in [1.82, 2.24) is 0 Å². The summed E-state index contributed by atoms with van der Waals surface area (Å²) in [7, 11) is 0. The van der Waals surface area contributed by atoms with E-state index in [1.54, 1.807) is 0 Å². The Morgan fingerprint density at radius 3 is 0.966 bits per heavy atom. The second-order valence-corrected chi connectivity index (χ2v) is 5.83. The Morgan fingerprint density at radius 1 is 0.310 bits per heavy atom. The number of hydrogen-bond donors (Lipinski definition) is 0. The number of hydrogen-bond acceptors (Lipinski definition) is 0. The zero-order valence-corrected chi connectivity index (χ0v) is 13.2. The summed E-state index contributed by atoms with van der Waals surface area (Å²) in [5.74, 6) is -26.6. The van der Waals surface area contributed by atoms with Gasteiger partial charge < -0.3 is 0 Å². The molecule has 4 rings (SSSR count). The van der Waals surface area contributed by atoms with E-state index in [2.05, 4.69) is 0 Å². The van der Waals surface area contributed by atoms with E-state index in [0.717, 1.165) is 0 Å². The third-order valence-electron chi connectivity index (χ3n) is 4.37. The molecule has 0 heterocycles. The van der Waals surface area contributed by atoms with Crippen molar-refractivity contribution in [3.05, 3.63) is 70.1 Å². The van der Waals surface area contributed by atoms with Crippen LogP contribution in [0.3, 0.4) is 0 Å². The third kappa shape index (κ3) is 2.21. The molecule has 1 radical (unpaired) electrons. The molecule has 0 unspecified atom stereocenters. The van der Waals surface area contributed by atoms with E-state index >= 15 is 0 Å². The first-order chi connectivity index (χ1) is 13.5. The molecule has 29 heavy (non-hydrogen) atoms. The van der Waals surface area contributed by atoms with Crippen LogP contribution in [-0.4, -0.2) is 0 Å². The van der Waals surface area contributed by atoms with Crippen LogP contribution in [0.2, 0.25) is 0 Å². The average Bonchev–Trinajstić information content (AvgIpc) is 2.69. The molecule has 0 amide bonds. The van der Waals surface area contributed by atoms with E-state index in [-0.39, 0.29) is 0 Å². The fraction of sp³-hybridized carbons (Fsp3) is 0. The molecule has 0 saturated heterocycles.